The Morgan fingerprint density at radius 1 is 1.27 bits per heavy atom. The highest BCUT2D eigenvalue weighted by molar-refractivity contribution is 6.35. The van der Waals surface area contributed by atoms with Crippen molar-refractivity contribution in [3.05, 3.63) is 28.2 Å². The first kappa shape index (κ1) is 17.4. The molecule has 0 radical (unpaired) electrons. The van der Waals surface area contributed by atoms with Gasteiger partial charge in [-0.1, -0.05) is 42.5 Å². The zero-order chi connectivity index (χ0) is 15.9. The summed E-state index contributed by atoms with van der Waals surface area (Å²) >= 11 is 11.9. The fourth-order valence-electron chi connectivity index (χ4n) is 2.85. The molecular weight excluding hydrogens is 321 g/mol. The van der Waals surface area contributed by atoms with Gasteiger partial charge >= 0.3 is 0 Å². The number of benzene rings is 1. The minimum atomic E-state index is 0.206. The van der Waals surface area contributed by atoms with Crippen molar-refractivity contribution in [3.8, 4) is 5.75 Å². The van der Waals surface area contributed by atoms with E-state index in [0.29, 0.717) is 41.3 Å². The molecule has 1 aliphatic rings. The van der Waals surface area contributed by atoms with Gasteiger partial charge in [0.2, 0.25) is 5.91 Å². The van der Waals surface area contributed by atoms with Gasteiger partial charge in [-0.2, -0.15) is 0 Å². The van der Waals surface area contributed by atoms with E-state index in [9.17, 15) is 4.79 Å². The second-order valence-electron chi connectivity index (χ2n) is 5.82. The van der Waals surface area contributed by atoms with Crippen LogP contribution in [0.4, 0.5) is 0 Å². The maximum absolute atomic E-state index is 12.2. The molecule has 1 fully saturated rings. The molecule has 1 aliphatic carbocycles. The zero-order valence-electron chi connectivity index (χ0n) is 13.0. The van der Waals surface area contributed by atoms with Crippen LogP contribution < -0.4 is 4.74 Å². The van der Waals surface area contributed by atoms with Crippen molar-refractivity contribution < 1.29 is 9.53 Å². The molecule has 0 unspecified atom stereocenters. The molecule has 1 amide bonds. The fourth-order valence-corrected chi connectivity index (χ4v) is 3.31. The van der Waals surface area contributed by atoms with Crippen LogP contribution in [0.1, 0.15) is 44.9 Å². The summed E-state index contributed by atoms with van der Waals surface area (Å²) in [5.74, 6) is 0.817. The van der Waals surface area contributed by atoms with Gasteiger partial charge in [-0.15, -0.1) is 0 Å². The molecular formula is C17H23Cl2NO2. The van der Waals surface area contributed by atoms with E-state index in [1.165, 1.54) is 19.3 Å². The number of ether oxygens (including phenoxy) is 1. The Kier molecular flexibility index (Phi) is 6.84. The molecule has 1 aromatic carbocycles. The molecule has 1 aromatic rings. The summed E-state index contributed by atoms with van der Waals surface area (Å²) < 4.78 is 5.61. The highest BCUT2D eigenvalue weighted by Gasteiger charge is 2.21. The number of hydrogen-bond acceptors (Lipinski definition) is 2. The van der Waals surface area contributed by atoms with Crippen LogP contribution in [0.3, 0.4) is 0 Å². The zero-order valence-corrected chi connectivity index (χ0v) is 14.5. The lowest BCUT2D eigenvalue weighted by atomic mass is 9.94. The first-order chi connectivity index (χ1) is 10.6. The molecule has 0 saturated heterocycles. The predicted octanol–water partition coefficient (Wildman–Crippen LogP) is 4.94. The first-order valence-corrected chi connectivity index (χ1v) is 8.67. The molecule has 0 heterocycles. The summed E-state index contributed by atoms with van der Waals surface area (Å²) in [6.45, 7) is 0.478. The van der Waals surface area contributed by atoms with Crippen LogP contribution in [0.5, 0.6) is 5.75 Å². The maximum Gasteiger partial charge on any atom is 0.222 e. The van der Waals surface area contributed by atoms with Crippen LogP contribution in [0.2, 0.25) is 10.0 Å². The van der Waals surface area contributed by atoms with Crippen molar-refractivity contribution in [1.29, 1.82) is 0 Å². The molecule has 0 N–H and O–H groups in total. The van der Waals surface area contributed by atoms with E-state index in [2.05, 4.69) is 0 Å². The van der Waals surface area contributed by atoms with Crippen molar-refractivity contribution in [1.82, 2.24) is 4.90 Å². The lowest BCUT2D eigenvalue weighted by Gasteiger charge is -2.31. The topological polar surface area (TPSA) is 29.5 Å². The van der Waals surface area contributed by atoms with E-state index in [-0.39, 0.29) is 5.91 Å². The fraction of sp³-hybridized carbons (Fsp3) is 0.588. The third-order valence-electron chi connectivity index (χ3n) is 4.20. The molecule has 0 atom stereocenters. The highest BCUT2D eigenvalue weighted by atomic mass is 35.5. The maximum atomic E-state index is 12.2. The number of carbonyl (C=O) groups is 1. The quantitative estimate of drug-likeness (QED) is 0.684. The number of nitrogens with zero attached hydrogens (tertiary/aromatic N) is 1. The Hall–Kier alpha value is -0.930. The van der Waals surface area contributed by atoms with Gasteiger partial charge in [0, 0.05) is 24.5 Å². The normalized spacial score (nSPS) is 15.6. The predicted molar refractivity (Wildman–Crippen MR) is 90.8 cm³/mol. The van der Waals surface area contributed by atoms with E-state index >= 15 is 0 Å². The van der Waals surface area contributed by atoms with Crippen LogP contribution >= 0.6 is 23.2 Å². The molecule has 22 heavy (non-hydrogen) atoms. The lowest BCUT2D eigenvalue weighted by molar-refractivity contribution is -0.132. The second kappa shape index (κ2) is 8.64. The smallest absolute Gasteiger partial charge is 0.222 e. The van der Waals surface area contributed by atoms with Crippen LogP contribution in [-0.4, -0.2) is 30.5 Å². The van der Waals surface area contributed by atoms with Gasteiger partial charge in [0.25, 0.3) is 0 Å². The van der Waals surface area contributed by atoms with E-state index in [4.69, 9.17) is 27.9 Å². The number of rotatable bonds is 6. The monoisotopic (exact) mass is 343 g/mol. The van der Waals surface area contributed by atoms with Gasteiger partial charge in [0.15, 0.2) is 0 Å². The molecule has 2 rings (SSSR count). The molecule has 0 spiro atoms. The molecule has 1 saturated carbocycles. The number of hydrogen-bond donors (Lipinski definition) is 0. The Bertz CT molecular complexity index is 501. The minimum Gasteiger partial charge on any atom is -0.492 e. The van der Waals surface area contributed by atoms with E-state index in [1.807, 2.05) is 11.9 Å². The van der Waals surface area contributed by atoms with Gasteiger partial charge in [-0.25, -0.2) is 0 Å². The molecule has 3 nitrogen and oxygen atoms in total. The number of amides is 1. The lowest BCUT2D eigenvalue weighted by Crippen LogP contribution is -2.38. The van der Waals surface area contributed by atoms with Gasteiger partial charge in [-0.05, 0) is 37.5 Å². The van der Waals surface area contributed by atoms with Gasteiger partial charge < -0.3 is 9.64 Å². The van der Waals surface area contributed by atoms with Crippen molar-refractivity contribution >= 4 is 29.1 Å². The van der Waals surface area contributed by atoms with Gasteiger partial charge in [0.1, 0.15) is 5.75 Å². The summed E-state index contributed by atoms with van der Waals surface area (Å²) in [7, 11) is 1.93. The Morgan fingerprint density at radius 3 is 2.68 bits per heavy atom. The molecule has 5 heteroatoms. The van der Waals surface area contributed by atoms with Gasteiger partial charge in [0.05, 0.1) is 11.6 Å². The third-order valence-corrected chi connectivity index (χ3v) is 4.73. The van der Waals surface area contributed by atoms with Crippen molar-refractivity contribution in [2.45, 2.75) is 51.0 Å². The average molecular weight is 344 g/mol. The second-order valence-corrected chi connectivity index (χ2v) is 6.67. The van der Waals surface area contributed by atoms with Crippen LogP contribution in [0.15, 0.2) is 18.2 Å². The highest BCUT2D eigenvalue weighted by Crippen LogP contribution is 2.27. The summed E-state index contributed by atoms with van der Waals surface area (Å²) in [6.07, 6.45) is 7.25. The van der Waals surface area contributed by atoms with E-state index in [1.54, 1.807) is 18.2 Å². The largest absolute Gasteiger partial charge is 0.492 e. The standard InChI is InChI=1S/C17H23Cl2NO2/c1-20(14-6-3-2-4-7-14)17(21)8-5-11-22-16-10-9-13(18)12-15(16)19/h9-10,12,14H,2-8,11H2,1H3. The SMILES string of the molecule is CN(C(=O)CCCOc1ccc(Cl)cc1Cl)C1CCCCC1. The average Bonchev–Trinajstić information content (AvgIpc) is 2.53. The molecule has 0 aliphatic heterocycles. The molecule has 122 valence electrons. The number of halogens is 2. The van der Waals surface area contributed by atoms with Crippen molar-refractivity contribution in [3.63, 3.8) is 0 Å². The minimum absolute atomic E-state index is 0.206. The first-order valence-electron chi connectivity index (χ1n) is 7.91. The summed E-state index contributed by atoms with van der Waals surface area (Å²) in [5.41, 5.74) is 0. The summed E-state index contributed by atoms with van der Waals surface area (Å²) in [6, 6.07) is 5.57. The molecule has 0 aromatic heterocycles. The third kappa shape index (κ3) is 5.06. The van der Waals surface area contributed by atoms with Crippen LogP contribution in [0, 0.1) is 0 Å². The summed E-state index contributed by atoms with van der Waals surface area (Å²) in [4.78, 5) is 14.1. The van der Waals surface area contributed by atoms with Crippen LogP contribution in [0.25, 0.3) is 0 Å². The number of carbonyl (C=O) groups excluding carboxylic acids is 1. The van der Waals surface area contributed by atoms with E-state index < -0.39 is 0 Å². The Labute approximate surface area is 142 Å². The van der Waals surface area contributed by atoms with Gasteiger partial charge in [-0.3, -0.25) is 4.79 Å². The molecule has 0 bridgehead atoms. The summed E-state index contributed by atoms with van der Waals surface area (Å²) in [5, 5.41) is 1.08. The van der Waals surface area contributed by atoms with E-state index in [0.717, 1.165) is 12.8 Å². The Balaban J connectivity index is 1.70. The van der Waals surface area contributed by atoms with Crippen molar-refractivity contribution in [2.24, 2.45) is 0 Å². The van der Waals surface area contributed by atoms with Crippen molar-refractivity contribution in [2.75, 3.05) is 13.7 Å². The Morgan fingerprint density at radius 2 is 2.00 bits per heavy atom. The van der Waals surface area contributed by atoms with Crippen LogP contribution in [-0.2, 0) is 4.79 Å².